The number of halogens is 2. The molecule has 1 rings (SSSR count). The molecule has 19 heavy (non-hydrogen) atoms. The van der Waals surface area contributed by atoms with E-state index in [4.69, 9.17) is 0 Å². The Morgan fingerprint density at radius 3 is 2.63 bits per heavy atom. The fourth-order valence-corrected chi connectivity index (χ4v) is 2.56. The van der Waals surface area contributed by atoms with Gasteiger partial charge < -0.3 is 5.32 Å². The van der Waals surface area contributed by atoms with Gasteiger partial charge in [-0.2, -0.15) is 0 Å². The van der Waals surface area contributed by atoms with Crippen LogP contribution >= 0.6 is 15.9 Å². The highest BCUT2D eigenvalue weighted by Crippen LogP contribution is 2.23. The van der Waals surface area contributed by atoms with Crippen molar-refractivity contribution >= 4 is 15.9 Å². The summed E-state index contributed by atoms with van der Waals surface area (Å²) in [6.07, 6.45) is 5.13. The molecule has 0 unspecified atom stereocenters. The van der Waals surface area contributed by atoms with E-state index in [1.807, 2.05) is 12.1 Å². The number of hydrogen-bond acceptors (Lipinski definition) is 1. The van der Waals surface area contributed by atoms with Crippen molar-refractivity contribution in [3.63, 3.8) is 0 Å². The largest absolute Gasteiger partial charge is 0.312 e. The first kappa shape index (κ1) is 16.6. The highest BCUT2D eigenvalue weighted by atomic mass is 79.9. The molecule has 0 fully saturated rings. The van der Waals surface area contributed by atoms with Crippen molar-refractivity contribution in [2.75, 3.05) is 6.54 Å². The van der Waals surface area contributed by atoms with Crippen LogP contribution < -0.4 is 5.32 Å². The summed E-state index contributed by atoms with van der Waals surface area (Å²) in [5.41, 5.74) is 1.43. The predicted octanol–water partition coefficient (Wildman–Crippen LogP) is 5.28. The molecule has 0 radical (unpaired) electrons. The number of unbranched alkanes of at least 4 members (excludes halogenated alkanes) is 2. The lowest BCUT2D eigenvalue weighted by Crippen LogP contribution is -2.29. The molecular weight excluding hydrogens is 305 g/mol. The van der Waals surface area contributed by atoms with Crippen LogP contribution in [-0.4, -0.2) is 6.54 Å². The Hall–Kier alpha value is -0.410. The third-order valence-electron chi connectivity index (χ3n) is 3.37. The minimum absolute atomic E-state index is 0.205. The van der Waals surface area contributed by atoms with Crippen molar-refractivity contribution in [1.29, 1.82) is 0 Å². The van der Waals surface area contributed by atoms with E-state index < -0.39 is 0 Å². The summed E-state index contributed by atoms with van der Waals surface area (Å²) in [6, 6.07) is 5.18. The van der Waals surface area contributed by atoms with Crippen LogP contribution in [0.4, 0.5) is 4.39 Å². The molecule has 108 valence electrons. The highest BCUT2D eigenvalue weighted by molar-refractivity contribution is 9.10. The van der Waals surface area contributed by atoms with Crippen LogP contribution in [0.15, 0.2) is 22.7 Å². The van der Waals surface area contributed by atoms with E-state index in [1.54, 1.807) is 0 Å². The third kappa shape index (κ3) is 6.53. The smallest absolute Gasteiger partial charge is 0.137 e. The monoisotopic (exact) mass is 329 g/mol. The van der Waals surface area contributed by atoms with Crippen LogP contribution in [0.1, 0.15) is 52.0 Å². The zero-order valence-corrected chi connectivity index (χ0v) is 13.8. The Kier molecular flexibility index (Phi) is 7.01. The summed E-state index contributed by atoms with van der Waals surface area (Å²) < 4.78 is 13.7. The van der Waals surface area contributed by atoms with Gasteiger partial charge >= 0.3 is 0 Å². The van der Waals surface area contributed by atoms with Gasteiger partial charge in [0.25, 0.3) is 0 Å². The Balaban J connectivity index is 2.34. The zero-order chi connectivity index (χ0) is 14.3. The summed E-state index contributed by atoms with van der Waals surface area (Å²) in [7, 11) is 0. The van der Waals surface area contributed by atoms with Crippen LogP contribution in [-0.2, 0) is 6.54 Å². The maximum Gasteiger partial charge on any atom is 0.137 e. The molecule has 0 aliphatic heterocycles. The molecule has 1 N–H and O–H groups in total. The molecule has 0 aromatic heterocycles. The molecule has 0 saturated carbocycles. The van der Waals surface area contributed by atoms with Gasteiger partial charge in [0, 0.05) is 13.1 Å². The second-order valence-corrected chi connectivity index (χ2v) is 6.83. The van der Waals surface area contributed by atoms with Gasteiger partial charge in [-0.3, -0.25) is 0 Å². The molecule has 0 bridgehead atoms. The molecule has 1 nitrogen and oxygen atoms in total. The molecule has 0 aliphatic carbocycles. The summed E-state index contributed by atoms with van der Waals surface area (Å²) in [5, 5.41) is 3.47. The predicted molar refractivity (Wildman–Crippen MR) is 83.7 cm³/mol. The van der Waals surface area contributed by atoms with Crippen molar-refractivity contribution < 1.29 is 4.39 Å². The average Bonchev–Trinajstić information content (AvgIpc) is 2.34. The van der Waals surface area contributed by atoms with Crippen LogP contribution in [0, 0.1) is 11.2 Å². The molecule has 0 saturated heterocycles. The molecule has 0 spiro atoms. The van der Waals surface area contributed by atoms with Gasteiger partial charge in [0.05, 0.1) is 4.47 Å². The number of hydrogen-bond donors (Lipinski definition) is 1. The first-order chi connectivity index (χ1) is 8.94. The molecule has 1 aromatic rings. The van der Waals surface area contributed by atoms with Gasteiger partial charge in [0.2, 0.25) is 0 Å². The second-order valence-electron chi connectivity index (χ2n) is 5.97. The summed E-state index contributed by atoms with van der Waals surface area (Å²) in [4.78, 5) is 0. The minimum Gasteiger partial charge on any atom is -0.312 e. The Morgan fingerprint density at radius 1 is 1.26 bits per heavy atom. The Morgan fingerprint density at radius 2 is 2.00 bits per heavy atom. The topological polar surface area (TPSA) is 12.0 Å². The minimum atomic E-state index is -0.205. The maximum atomic E-state index is 13.1. The fraction of sp³-hybridized carbons (Fsp3) is 0.625. The number of rotatable bonds is 8. The van der Waals surface area contributed by atoms with E-state index in [0.717, 1.165) is 18.7 Å². The molecular formula is C16H25BrFN. The summed E-state index contributed by atoms with van der Waals surface area (Å²) in [6.45, 7) is 8.62. The summed E-state index contributed by atoms with van der Waals surface area (Å²) >= 11 is 3.22. The SMILES string of the molecule is CCCCCC(C)(C)CNCc1ccc(F)c(Br)c1. The lowest BCUT2D eigenvalue weighted by molar-refractivity contribution is 0.302. The van der Waals surface area contributed by atoms with Gasteiger partial charge in [-0.05, 0) is 45.5 Å². The first-order valence-electron chi connectivity index (χ1n) is 7.09. The van der Waals surface area contributed by atoms with Crippen LogP contribution in [0.25, 0.3) is 0 Å². The maximum absolute atomic E-state index is 13.1. The number of benzene rings is 1. The van der Waals surface area contributed by atoms with Gasteiger partial charge in [0.1, 0.15) is 5.82 Å². The van der Waals surface area contributed by atoms with Gasteiger partial charge in [-0.25, -0.2) is 4.39 Å². The molecule has 0 atom stereocenters. The number of nitrogens with one attached hydrogen (secondary N) is 1. The van der Waals surface area contributed by atoms with E-state index in [0.29, 0.717) is 9.89 Å². The first-order valence-corrected chi connectivity index (χ1v) is 7.88. The standard InChI is InChI=1S/C16H25BrFN/c1-4-5-6-9-16(2,3)12-19-11-13-7-8-15(18)14(17)10-13/h7-8,10,19H,4-6,9,11-12H2,1-3H3. The lowest BCUT2D eigenvalue weighted by atomic mass is 9.87. The molecule has 0 amide bonds. The zero-order valence-electron chi connectivity index (χ0n) is 12.2. The van der Waals surface area contributed by atoms with E-state index in [1.165, 1.54) is 31.7 Å². The Bertz CT molecular complexity index is 390. The van der Waals surface area contributed by atoms with Crippen molar-refractivity contribution in [2.24, 2.45) is 5.41 Å². The van der Waals surface area contributed by atoms with E-state index in [-0.39, 0.29) is 5.82 Å². The quantitative estimate of drug-likeness (QED) is 0.639. The third-order valence-corrected chi connectivity index (χ3v) is 3.98. The normalized spacial score (nSPS) is 11.8. The van der Waals surface area contributed by atoms with Crippen LogP contribution in [0.5, 0.6) is 0 Å². The second kappa shape index (κ2) is 8.01. The average molecular weight is 330 g/mol. The molecule has 0 aliphatic rings. The van der Waals surface area contributed by atoms with E-state index in [9.17, 15) is 4.39 Å². The summed E-state index contributed by atoms with van der Waals surface area (Å²) in [5.74, 6) is -0.205. The molecule has 3 heteroatoms. The lowest BCUT2D eigenvalue weighted by Gasteiger charge is -2.25. The van der Waals surface area contributed by atoms with Crippen molar-refractivity contribution in [3.05, 3.63) is 34.1 Å². The Labute approximate surface area is 125 Å². The van der Waals surface area contributed by atoms with E-state index in [2.05, 4.69) is 42.0 Å². The van der Waals surface area contributed by atoms with Crippen LogP contribution in [0.3, 0.4) is 0 Å². The highest BCUT2D eigenvalue weighted by Gasteiger charge is 2.16. The van der Waals surface area contributed by atoms with Crippen LogP contribution in [0.2, 0.25) is 0 Å². The molecule has 1 aromatic carbocycles. The van der Waals surface area contributed by atoms with Crippen molar-refractivity contribution in [3.8, 4) is 0 Å². The van der Waals surface area contributed by atoms with Gasteiger partial charge in [0.15, 0.2) is 0 Å². The van der Waals surface area contributed by atoms with E-state index >= 15 is 0 Å². The van der Waals surface area contributed by atoms with Crippen molar-refractivity contribution in [2.45, 2.75) is 53.0 Å². The van der Waals surface area contributed by atoms with Gasteiger partial charge in [-0.15, -0.1) is 0 Å². The molecule has 0 heterocycles. The fourth-order valence-electron chi connectivity index (χ4n) is 2.14. The van der Waals surface area contributed by atoms with Gasteiger partial charge in [-0.1, -0.05) is 46.1 Å². The van der Waals surface area contributed by atoms with Crippen molar-refractivity contribution in [1.82, 2.24) is 5.32 Å².